The van der Waals surface area contributed by atoms with Gasteiger partial charge >= 0.3 is 0 Å². The molecule has 34 heavy (non-hydrogen) atoms. The molecular weight excluding hydrogens is 438 g/mol. The first-order valence-electron chi connectivity index (χ1n) is 10.9. The number of H-pyrrole nitrogens is 1. The molecule has 4 aromatic rings. The molecule has 0 unspecified atom stereocenters. The van der Waals surface area contributed by atoms with Crippen LogP contribution in [0, 0.1) is 0 Å². The van der Waals surface area contributed by atoms with Crippen molar-refractivity contribution in [2.24, 2.45) is 0 Å². The van der Waals surface area contributed by atoms with E-state index < -0.39 is 5.91 Å². The molecule has 0 fully saturated rings. The number of hydrogen-bond acceptors (Lipinski definition) is 7. The second kappa shape index (κ2) is 9.26. The average molecular weight is 461 g/mol. The zero-order valence-electron chi connectivity index (χ0n) is 18.5. The summed E-state index contributed by atoms with van der Waals surface area (Å²) >= 11 is 0. The van der Waals surface area contributed by atoms with E-state index in [1.165, 1.54) is 10.9 Å². The van der Waals surface area contributed by atoms with Gasteiger partial charge in [-0.15, -0.1) is 0 Å². The van der Waals surface area contributed by atoms with Gasteiger partial charge in [0.1, 0.15) is 23.0 Å². The number of aromatic nitrogens is 4. The molecule has 174 valence electrons. The Morgan fingerprint density at radius 3 is 2.74 bits per heavy atom. The maximum atomic E-state index is 12.7. The van der Waals surface area contributed by atoms with E-state index in [9.17, 15) is 9.59 Å². The number of carbonyl (C=O) groups is 1. The van der Waals surface area contributed by atoms with Crippen molar-refractivity contribution in [3.63, 3.8) is 0 Å². The van der Waals surface area contributed by atoms with Gasteiger partial charge < -0.3 is 19.2 Å². The number of ether oxygens (including phenoxy) is 2. The van der Waals surface area contributed by atoms with E-state index in [-0.39, 0.29) is 18.1 Å². The van der Waals surface area contributed by atoms with Gasteiger partial charge in [-0.1, -0.05) is 0 Å². The number of rotatable bonds is 7. The maximum Gasteiger partial charge on any atom is 0.263 e. The molecule has 0 spiro atoms. The van der Waals surface area contributed by atoms with Crippen molar-refractivity contribution in [2.45, 2.75) is 25.7 Å². The monoisotopic (exact) mass is 461 g/mol. The molecule has 1 aliphatic rings. The van der Waals surface area contributed by atoms with E-state index in [4.69, 9.17) is 13.9 Å². The van der Waals surface area contributed by atoms with Crippen LogP contribution in [0.1, 0.15) is 24.1 Å². The summed E-state index contributed by atoms with van der Waals surface area (Å²) in [5.41, 5.74) is 1.78. The molecular formula is C24H23N5O5. The van der Waals surface area contributed by atoms with Crippen molar-refractivity contribution >= 4 is 11.7 Å². The Bertz CT molecular complexity index is 1360. The molecule has 10 heteroatoms. The molecule has 1 amide bonds. The SMILES string of the molecule is COc1ccc(OCC(=O)Nc2cc(-c3ccco3)nn2-c2nc3c(c(=O)[nH]2)CCCC3)cc1. The third-order valence-electron chi connectivity index (χ3n) is 5.56. The van der Waals surface area contributed by atoms with Gasteiger partial charge in [0.15, 0.2) is 12.4 Å². The fourth-order valence-corrected chi connectivity index (χ4v) is 3.87. The Labute approximate surface area is 194 Å². The number of amides is 1. The fourth-order valence-electron chi connectivity index (χ4n) is 3.87. The van der Waals surface area contributed by atoms with Crippen LogP contribution < -0.4 is 20.3 Å². The first-order valence-corrected chi connectivity index (χ1v) is 10.9. The molecule has 0 atom stereocenters. The molecule has 0 bridgehead atoms. The first-order chi connectivity index (χ1) is 16.6. The summed E-state index contributed by atoms with van der Waals surface area (Å²) in [6.45, 7) is -0.221. The number of hydrogen-bond donors (Lipinski definition) is 2. The zero-order valence-corrected chi connectivity index (χ0v) is 18.5. The molecule has 0 radical (unpaired) electrons. The Hall–Kier alpha value is -4.34. The summed E-state index contributed by atoms with van der Waals surface area (Å²) in [6.07, 6.45) is 4.92. The highest BCUT2D eigenvalue weighted by molar-refractivity contribution is 5.91. The van der Waals surface area contributed by atoms with E-state index in [1.807, 2.05) is 0 Å². The van der Waals surface area contributed by atoms with Crippen LogP contribution in [0.2, 0.25) is 0 Å². The van der Waals surface area contributed by atoms with Crippen LogP contribution in [-0.4, -0.2) is 39.4 Å². The van der Waals surface area contributed by atoms with Gasteiger partial charge in [-0.25, -0.2) is 4.98 Å². The summed E-state index contributed by atoms with van der Waals surface area (Å²) in [7, 11) is 1.58. The van der Waals surface area contributed by atoms with E-state index >= 15 is 0 Å². The molecule has 3 heterocycles. The average Bonchev–Trinajstić information content (AvgIpc) is 3.53. The van der Waals surface area contributed by atoms with E-state index in [1.54, 1.807) is 49.6 Å². The summed E-state index contributed by atoms with van der Waals surface area (Å²) in [5, 5.41) is 7.32. The number of furan rings is 1. The summed E-state index contributed by atoms with van der Waals surface area (Å²) < 4.78 is 17.5. The van der Waals surface area contributed by atoms with Crippen LogP contribution in [0.25, 0.3) is 17.4 Å². The summed E-state index contributed by atoms with van der Waals surface area (Å²) in [5.74, 6) is 1.90. The first kappa shape index (κ1) is 21.5. The number of benzene rings is 1. The molecule has 0 saturated carbocycles. The van der Waals surface area contributed by atoms with Crippen LogP contribution >= 0.6 is 0 Å². The number of anilines is 1. The smallest absolute Gasteiger partial charge is 0.263 e. The lowest BCUT2D eigenvalue weighted by atomic mass is 9.97. The van der Waals surface area contributed by atoms with Crippen molar-refractivity contribution in [1.29, 1.82) is 0 Å². The van der Waals surface area contributed by atoms with Gasteiger partial charge in [0.05, 0.1) is 19.1 Å². The van der Waals surface area contributed by atoms with Crippen LogP contribution in [0.15, 0.2) is 57.9 Å². The largest absolute Gasteiger partial charge is 0.497 e. The van der Waals surface area contributed by atoms with Crippen LogP contribution in [0.5, 0.6) is 11.5 Å². The number of nitrogens with one attached hydrogen (secondary N) is 2. The lowest BCUT2D eigenvalue weighted by Crippen LogP contribution is -2.26. The fraction of sp³-hybridized carbons (Fsp3) is 0.250. The number of fused-ring (bicyclic) bond motifs is 1. The molecule has 1 aromatic carbocycles. The van der Waals surface area contributed by atoms with Gasteiger partial charge in [-0.2, -0.15) is 9.78 Å². The molecule has 2 N–H and O–H groups in total. The third-order valence-corrected chi connectivity index (χ3v) is 5.56. The Balaban J connectivity index is 1.41. The van der Waals surface area contributed by atoms with Crippen molar-refractivity contribution in [1.82, 2.24) is 19.7 Å². The minimum atomic E-state index is -0.400. The van der Waals surface area contributed by atoms with E-state index in [0.29, 0.717) is 40.8 Å². The number of methoxy groups -OCH3 is 1. The third kappa shape index (κ3) is 4.42. The Kier molecular flexibility index (Phi) is 5.86. The van der Waals surface area contributed by atoms with Gasteiger partial charge in [0.2, 0.25) is 5.95 Å². The van der Waals surface area contributed by atoms with Gasteiger partial charge in [-0.3, -0.25) is 14.6 Å². The number of aryl methyl sites for hydroxylation is 1. The van der Waals surface area contributed by atoms with Crippen molar-refractivity contribution in [2.75, 3.05) is 19.0 Å². The van der Waals surface area contributed by atoms with Crippen LogP contribution in [-0.2, 0) is 17.6 Å². The molecule has 3 aromatic heterocycles. The standard InChI is InChI=1S/C24H23N5O5/c1-32-15-8-10-16(11-9-15)34-14-22(30)26-21-13-19(20-7-4-12-33-20)28-29(21)24-25-18-6-3-2-5-17(18)23(31)27-24/h4,7-13H,2-3,5-6,14H2,1H3,(H,26,30)(H,25,27,31). The van der Waals surface area contributed by atoms with Crippen LogP contribution in [0.3, 0.4) is 0 Å². The molecule has 5 rings (SSSR count). The van der Waals surface area contributed by atoms with Gasteiger partial charge in [0, 0.05) is 11.6 Å². The van der Waals surface area contributed by atoms with Gasteiger partial charge in [0.25, 0.3) is 11.5 Å². The Morgan fingerprint density at radius 1 is 1.18 bits per heavy atom. The summed E-state index contributed by atoms with van der Waals surface area (Å²) in [6, 6.07) is 12.1. The maximum absolute atomic E-state index is 12.7. The molecule has 0 aliphatic heterocycles. The van der Waals surface area contributed by atoms with Crippen molar-refractivity contribution < 1.29 is 18.7 Å². The lowest BCUT2D eigenvalue weighted by Gasteiger charge is -2.15. The summed E-state index contributed by atoms with van der Waals surface area (Å²) in [4.78, 5) is 32.8. The number of nitrogens with zero attached hydrogens (tertiary/aromatic N) is 3. The van der Waals surface area contributed by atoms with E-state index in [2.05, 4.69) is 20.4 Å². The van der Waals surface area contributed by atoms with E-state index in [0.717, 1.165) is 25.0 Å². The predicted molar refractivity (Wildman–Crippen MR) is 123 cm³/mol. The number of carbonyl (C=O) groups excluding carboxylic acids is 1. The van der Waals surface area contributed by atoms with Crippen LogP contribution in [0.4, 0.5) is 5.82 Å². The predicted octanol–water partition coefficient (Wildman–Crippen LogP) is 3.12. The minimum absolute atomic E-state index is 0.185. The second-order valence-corrected chi connectivity index (χ2v) is 7.84. The highest BCUT2D eigenvalue weighted by Crippen LogP contribution is 2.25. The highest BCUT2D eigenvalue weighted by Gasteiger charge is 2.20. The zero-order chi connectivity index (χ0) is 23.5. The molecule has 1 aliphatic carbocycles. The van der Waals surface area contributed by atoms with Gasteiger partial charge in [-0.05, 0) is 62.1 Å². The van der Waals surface area contributed by atoms with Crippen molar-refractivity contribution in [3.8, 4) is 28.9 Å². The highest BCUT2D eigenvalue weighted by atomic mass is 16.5. The normalized spacial score (nSPS) is 12.7. The lowest BCUT2D eigenvalue weighted by molar-refractivity contribution is -0.118. The number of aromatic amines is 1. The quantitative estimate of drug-likeness (QED) is 0.433. The molecule has 10 nitrogen and oxygen atoms in total. The Morgan fingerprint density at radius 2 is 1.97 bits per heavy atom. The second-order valence-electron chi connectivity index (χ2n) is 7.84. The molecule has 0 saturated heterocycles. The topological polar surface area (TPSA) is 124 Å². The van der Waals surface area contributed by atoms with Crippen molar-refractivity contribution in [3.05, 3.63) is 70.3 Å². The minimum Gasteiger partial charge on any atom is -0.497 e.